The average Bonchev–Trinajstić information content (AvgIpc) is 2.59. The van der Waals surface area contributed by atoms with Crippen molar-refractivity contribution >= 4 is 16.0 Å². The van der Waals surface area contributed by atoms with Crippen molar-refractivity contribution in [2.45, 2.75) is 18.4 Å². The first-order chi connectivity index (χ1) is 11.8. The molecule has 1 aromatic carbocycles. The summed E-state index contributed by atoms with van der Waals surface area (Å²) in [4.78, 5) is 14.1. The number of anilines is 1. The van der Waals surface area contributed by atoms with Gasteiger partial charge >= 0.3 is 6.01 Å². The molecule has 0 atom stereocenters. The topological polar surface area (TPSA) is 107 Å². The van der Waals surface area contributed by atoms with Crippen LogP contribution in [0.3, 0.4) is 0 Å². The maximum atomic E-state index is 12.5. The summed E-state index contributed by atoms with van der Waals surface area (Å²) >= 11 is 0. The van der Waals surface area contributed by atoms with E-state index in [2.05, 4.69) is 19.7 Å². The Morgan fingerprint density at radius 3 is 2.40 bits per heavy atom. The minimum atomic E-state index is -3.72. The Kier molecular flexibility index (Phi) is 5.75. The standard InChI is InChI=1S/C15H21N5O4S/c1-10-8-11(6-7-12(10)23-4)25(21,22)16-9-13-17-14(20(2)3)19-15(18-13)24-5/h6-8,16H,9H2,1-5H3. The Balaban J connectivity index is 2.22. The first-order valence-corrected chi connectivity index (χ1v) is 8.85. The lowest BCUT2D eigenvalue weighted by Gasteiger charge is -2.13. The molecular weight excluding hydrogens is 346 g/mol. The second-order valence-corrected chi connectivity index (χ2v) is 7.16. The van der Waals surface area contributed by atoms with Crippen LogP contribution in [0.5, 0.6) is 11.8 Å². The van der Waals surface area contributed by atoms with Crippen molar-refractivity contribution in [2.24, 2.45) is 0 Å². The number of nitrogens with zero attached hydrogens (tertiary/aromatic N) is 4. The van der Waals surface area contributed by atoms with Gasteiger partial charge in [-0.2, -0.15) is 15.0 Å². The summed E-state index contributed by atoms with van der Waals surface area (Å²) < 4.78 is 37.6. The smallest absolute Gasteiger partial charge is 0.321 e. The van der Waals surface area contributed by atoms with Crippen LogP contribution in [0.4, 0.5) is 5.95 Å². The van der Waals surface area contributed by atoms with E-state index in [0.717, 1.165) is 5.56 Å². The fourth-order valence-electron chi connectivity index (χ4n) is 2.02. The van der Waals surface area contributed by atoms with Gasteiger partial charge in [0.1, 0.15) is 5.75 Å². The van der Waals surface area contributed by atoms with Gasteiger partial charge in [-0.05, 0) is 30.7 Å². The molecule has 10 heteroatoms. The van der Waals surface area contributed by atoms with Crippen molar-refractivity contribution in [3.05, 3.63) is 29.6 Å². The van der Waals surface area contributed by atoms with Gasteiger partial charge in [-0.3, -0.25) is 0 Å². The lowest BCUT2D eigenvalue weighted by atomic mass is 10.2. The normalized spacial score (nSPS) is 11.2. The maximum Gasteiger partial charge on any atom is 0.321 e. The number of nitrogens with one attached hydrogen (secondary N) is 1. The summed E-state index contributed by atoms with van der Waals surface area (Å²) in [6.07, 6.45) is 0. The van der Waals surface area contributed by atoms with Crippen LogP contribution in [-0.4, -0.2) is 51.7 Å². The molecule has 136 valence electrons. The summed E-state index contributed by atoms with van der Waals surface area (Å²) in [6, 6.07) is 4.75. The van der Waals surface area contributed by atoms with Gasteiger partial charge in [0.2, 0.25) is 16.0 Å². The summed E-state index contributed by atoms with van der Waals surface area (Å²) in [5, 5.41) is 0. The number of sulfonamides is 1. The molecule has 0 fully saturated rings. The van der Waals surface area contributed by atoms with E-state index in [1.54, 1.807) is 38.1 Å². The highest BCUT2D eigenvalue weighted by Crippen LogP contribution is 2.21. The number of rotatable bonds is 7. The fourth-order valence-corrected chi connectivity index (χ4v) is 3.08. The molecule has 1 aromatic heterocycles. The van der Waals surface area contributed by atoms with E-state index in [1.165, 1.54) is 20.3 Å². The quantitative estimate of drug-likeness (QED) is 0.764. The largest absolute Gasteiger partial charge is 0.496 e. The Bertz CT molecular complexity index is 855. The molecule has 0 unspecified atom stereocenters. The third kappa shape index (κ3) is 4.54. The van der Waals surface area contributed by atoms with Gasteiger partial charge in [0, 0.05) is 14.1 Å². The molecule has 0 amide bonds. The lowest BCUT2D eigenvalue weighted by Crippen LogP contribution is -2.25. The van der Waals surface area contributed by atoms with E-state index in [9.17, 15) is 8.42 Å². The predicted octanol–water partition coefficient (Wildman–Crippen LogP) is 0.742. The van der Waals surface area contributed by atoms with E-state index in [0.29, 0.717) is 11.7 Å². The first-order valence-electron chi connectivity index (χ1n) is 7.37. The molecule has 0 saturated heterocycles. The molecule has 0 aliphatic carbocycles. The van der Waals surface area contributed by atoms with Crippen LogP contribution in [0.15, 0.2) is 23.1 Å². The molecule has 0 aliphatic heterocycles. The first kappa shape index (κ1) is 18.9. The Labute approximate surface area is 147 Å². The van der Waals surface area contributed by atoms with E-state index in [-0.39, 0.29) is 23.3 Å². The van der Waals surface area contributed by atoms with Crippen molar-refractivity contribution in [1.29, 1.82) is 0 Å². The van der Waals surface area contributed by atoms with Crippen molar-refractivity contribution in [2.75, 3.05) is 33.2 Å². The molecule has 0 spiro atoms. The average molecular weight is 367 g/mol. The number of benzene rings is 1. The van der Waals surface area contributed by atoms with Gasteiger partial charge in [0.15, 0.2) is 5.82 Å². The van der Waals surface area contributed by atoms with Crippen molar-refractivity contribution in [3.63, 3.8) is 0 Å². The van der Waals surface area contributed by atoms with Gasteiger partial charge in [0.25, 0.3) is 0 Å². The van der Waals surface area contributed by atoms with Crippen LogP contribution in [0.1, 0.15) is 11.4 Å². The minimum absolute atomic E-state index is 0.0901. The molecule has 1 heterocycles. The monoisotopic (exact) mass is 367 g/mol. The van der Waals surface area contributed by atoms with E-state index < -0.39 is 10.0 Å². The molecule has 1 N–H and O–H groups in total. The third-order valence-corrected chi connectivity index (χ3v) is 4.73. The minimum Gasteiger partial charge on any atom is -0.496 e. The zero-order valence-corrected chi connectivity index (χ0v) is 15.6. The Morgan fingerprint density at radius 1 is 1.12 bits per heavy atom. The van der Waals surface area contributed by atoms with Crippen molar-refractivity contribution in [3.8, 4) is 11.8 Å². The number of hydrogen-bond donors (Lipinski definition) is 1. The molecule has 0 bridgehead atoms. The highest BCUT2D eigenvalue weighted by atomic mass is 32.2. The van der Waals surface area contributed by atoms with Crippen LogP contribution in [0.2, 0.25) is 0 Å². The maximum absolute atomic E-state index is 12.5. The zero-order chi connectivity index (χ0) is 18.6. The molecule has 25 heavy (non-hydrogen) atoms. The van der Waals surface area contributed by atoms with Gasteiger partial charge < -0.3 is 14.4 Å². The van der Waals surface area contributed by atoms with Crippen LogP contribution in [0.25, 0.3) is 0 Å². The molecule has 2 rings (SSSR count). The summed E-state index contributed by atoms with van der Waals surface area (Å²) in [7, 11) is 2.78. The molecule has 0 aliphatic rings. The number of ether oxygens (including phenoxy) is 2. The van der Waals surface area contributed by atoms with Gasteiger partial charge in [-0.25, -0.2) is 13.1 Å². The van der Waals surface area contributed by atoms with Crippen molar-refractivity contribution < 1.29 is 17.9 Å². The van der Waals surface area contributed by atoms with E-state index in [1.807, 2.05) is 0 Å². The molecular formula is C15H21N5O4S. The van der Waals surface area contributed by atoms with Gasteiger partial charge in [-0.15, -0.1) is 0 Å². The number of hydrogen-bond acceptors (Lipinski definition) is 8. The lowest BCUT2D eigenvalue weighted by molar-refractivity contribution is 0.375. The number of aromatic nitrogens is 3. The fraction of sp³-hybridized carbons (Fsp3) is 0.400. The van der Waals surface area contributed by atoms with E-state index >= 15 is 0 Å². The molecule has 0 radical (unpaired) electrons. The second kappa shape index (κ2) is 7.62. The predicted molar refractivity (Wildman–Crippen MR) is 92.5 cm³/mol. The summed E-state index contributed by atoms with van der Waals surface area (Å²) in [6.45, 7) is 1.69. The summed E-state index contributed by atoms with van der Waals surface area (Å²) in [5.41, 5.74) is 0.724. The highest BCUT2D eigenvalue weighted by molar-refractivity contribution is 7.89. The highest BCUT2D eigenvalue weighted by Gasteiger charge is 2.17. The van der Waals surface area contributed by atoms with Crippen LogP contribution in [-0.2, 0) is 16.6 Å². The number of aryl methyl sites for hydroxylation is 1. The van der Waals surface area contributed by atoms with Crippen molar-refractivity contribution in [1.82, 2.24) is 19.7 Å². The van der Waals surface area contributed by atoms with Crippen LogP contribution in [0, 0.1) is 6.92 Å². The van der Waals surface area contributed by atoms with Gasteiger partial charge in [-0.1, -0.05) is 0 Å². The molecule has 9 nitrogen and oxygen atoms in total. The van der Waals surface area contributed by atoms with Crippen LogP contribution >= 0.6 is 0 Å². The molecule has 0 saturated carbocycles. The Hall–Kier alpha value is -2.46. The SMILES string of the molecule is COc1nc(CNS(=O)(=O)c2ccc(OC)c(C)c2)nc(N(C)C)n1. The van der Waals surface area contributed by atoms with Crippen LogP contribution < -0.4 is 19.1 Å². The zero-order valence-electron chi connectivity index (χ0n) is 14.8. The second-order valence-electron chi connectivity index (χ2n) is 5.39. The molecule has 2 aromatic rings. The van der Waals surface area contributed by atoms with Gasteiger partial charge in [0.05, 0.1) is 25.7 Å². The Morgan fingerprint density at radius 2 is 1.84 bits per heavy atom. The number of methoxy groups -OCH3 is 2. The summed E-state index contributed by atoms with van der Waals surface area (Å²) in [5.74, 6) is 1.25. The van der Waals surface area contributed by atoms with E-state index in [4.69, 9.17) is 9.47 Å². The third-order valence-electron chi connectivity index (χ3n) is 3.33.